The molecule has 0 saturated heterocycles. The van der Waals surface area contributed by atoms with Gasteiger partial charge in [-0.3, -0.25) is 4.79 Å². The van der Waals surface area contributed by atoms with E-state index < -0.39 is 0 Å². The first-order valence-electron chi connectivity index (χ1n) is 7.45. The summed E-state index contributed by atoms with van der Waals surface area (Å²) in [6.07, 6.45) is 8.77. The van der Waals surface area contributed by atoms with Gasteiger partial charge < -0.3 is 9.88 Å². The molecule has 2 fully saturated rings. The zero-order chi connectivity index (χ0) is 13.4. The molecule has 0 aliphatic heterocycles. The third-order valence-electron chi connectivity index (χ3n) is 4.54. The van der Waals surface area contributed by atoms with Crippen LogP contribution in [0.15, 0.2) is 17.2 Å². The third kappa shape index (κ3) is 2.53. The first kappa shape index (κ1) is 12.7. The molecular weight excluding hydrogens is 238 g/mol. The number of aromatic nitrogens is 2. The van der Waals surface area contributed by atoms with Gasteiger partial charge in [-0.2, -0.15) is 0 Å². The minimum Gasteiger partial charge on any atom is -0.362 e. The van der Waals surface area contributed by atoms with Crippen LogP contribution >= 0.6 is 0 Å². The van der Waals surface area contributed by atoms with Crippen LogP contribution in [0.4, 0.5) is 5.82 Å². The molecule has 104 valence electrons. The number of anilines is 1. The van der Waals surface area contributed by atoms with Crippen LogP contribution in [0, 0.1) is 17.8 Å². The van der Waals surface area contributed by atoms with Gasteiger partial charge in [0.25, 0.3) is 5.56 Å². The summed E-state index contributed by atoms with van der Waals surface area (Å²) >= 11 is 0. The van der Waals surface area contributed by atoms with Crippen molar-refractivity contribution in [2.24, 2.45) is 17.8 Å². The number of nitrogens with one attached hydrogen (secondary N) is 1. The highest BCUT2D eigenvalue weighted by Crippen LogP contribution is 2.45. The molecule has 1 aromatic heterocycles. The Hall–Kier alpha value is -1.32. The molecule has 2 aliphatic carbocycles. The summed E-state index contributed by atoms with van der Waals surface area (Å²) in [5, 5.41) is 3.41. The highest BCUT2D eigenvalue weighted by atomic mass is 16.1. The van der Waals surface area contributed by atoms with E-state index in [1.807, 2.05) is 0 Å². The molecule has 4 heteroatoms. The number of fused-ring (bicyclic) bond motifs is 2. The van der Waals surface area contributed by atoms with E-state index >= 15 is 0 Å². The fraction of sp³-hybridized carbons (Fsp3) is 0.733. The summed E-state index contributed by atoms with van der Waals surface area (Å²) in [6, 6.07) is 0.467. The van der Waals surface area contributed by atoms with Crippen LogP contribution in [0.3, 0.4) is 0 Å². The molecule has 2 bridgehead atoms. The van der Waals surface area contributed by atoms with Gasteiger partial charge in [0.05, 0.1) is 0 Å². The van der Waals surface area contributed by atoms with Crippen molar-refractivity contribution in [1.82, 2.24) is 9.55 Å². The summed E-state index contributed by atoms with van der Waals surface area (Å²) in [5.74, 6) is 2.64. The van der Waals surface area contributed by atoms with Crippen molar-refractivity contribution in [3.63, 3.8) is 0 Å². The Morgan fingerprint density at radius 3 is 2.89 bits per heavy atom. The molecule has 3 atom stereocenters. The first-order chi connectivity index (χ1) is 9.13. The number of hydrogen-bond donors (Lipinski definition) is 1. The lowest BCUT2D eigenvalue weighted by Crippen LogP contribution is -2.32. The van der Waals surface area contributed by atoms with Crippen LogP contribution in [-0.2, 0) is 6.54 Å². The van der Waals surface area contributed by atoms with Crippen molar-refractivity contribution in [2.45, 2.75) is 52.1 Å². The van der Waals surface area contributed by atoms with E-state index in [0.29, 0.717) is 17.8 Å². The Morgan fingerprint density at radius 1 is 1.42 bits per heavy atom. The highest BCUT2D eigenvalue weighted by molar-refractivity contribution is 5.33. The van der Waals surface area contributed by atoms with Crippen LogP contribution in [0.25, 0.3) is 0 Å². The molecular formula is C15H23N3O. The van der Waals surface area contributed by atoms with E-state index in [1.165, 1.54) is 25.7 Å². The Kier molecular flexibility index (Phi) is 3.33. The minimum absolute atomic E-state index is 0.0268. The van der Waals surface area contributed by atoms with Crippen LogP contribution in [0.5, 0.6) is 0 Å². The third-order valence-corrected chi connectivity index (χ3v) is 4.54. The van der Waals surface area contributed by atoms with Crippen LogP contribution < -0.4 is 10.9 Å². The monoisotopic (exact) mass is 261 g/mol. The van der Waals surface area contributed by atoms with Gasteiger partial charge in [-0.05, 0) is 37.0 Å². The Labute approximate surface area is 114 Å². The minimum atomic E-state index is 0.0268. The second kappa shape index (κ2) is 4.99. The number of rotatable bonds is 4. The van der Waals surface area contributed by atoms with Crippen LogP contribution in [-0.4, -0.2) is 15.6 Å². The molecule has 3 unspecified atom stereocenters. The average molecular weight is 261 g/mol. The van der Waals surface area contributed by atoms with E-state index in [4.69, 9.17) is 0 Å². The zero-order valence-electron chi connectivity index (χ0n) is 11.8. The Bertz CT molecular complexity index is 508. The van der Waals surface area contributed by atoms with Gasteiger partial charge in [-0.15, -0.1) is 0 Å². The maximum Gasteiger partial charge on any atom is 0.293 e. The van der Waals surface area contributed by atoms with Gasteiger partial charge in [0.2, 0.25) is 0 Å². The SMILES string of the molecule is CC(C)Cn1ccnc(NC2CC3CCC2C3)c1=O. The molecule has 3 rings (SSSR count). The second-order valence-electron chi connectivity index (χ2n) is 6.55. The first-order valence-corrected chi connectivity index (χ1v) is 7.45. The molecule has 0 aromatic carbocycles. The van der Waals surface area contributed by atoms with Crippen LogP contribution in [0.1, 0.15) is 39.5 Å². The number of hydrogen-bond acceptors (Lipinski definition) is 3. The predicted octanol–water partition coefficient (Wildman–Crippen LogP) is 2.50. The van der Waals surface area contributed by atoms with Gasteiger partial charge in [-0.1, -0.05) is 20.3 Å². The van der Waals surface area contributed by atoms with Crippen molar-refractivity contribution in [1.29, 1.82) is 0 Å². The van der Waals surface area contributed by atoms with E-state index in [0.717, 1.165) is 18.4 Å². The lowest BCUT2D eigenvalue weighted by Gasteiger charge is -2.23. The summed E-state index contributed by atoms with van der Waals surface area (Å²) in [5.41, 5.74) is 0.0268. The zero-order valence-corrected chi connectivity index (χ0v) is 11.8. The average Bonchev–Trinajstić information content (AvgIpc) is 2.96. The van der Waals surface area contributed by atoms with Crippen LogP contribution in [0.2, 0.25) is 0 Å². The molecule has 4 nitrogen and oxygen atoms in total. The molecule has 2 saturated carbocycles. The van der Waals surface area contributed by atoms with Gasteiger partial charge >= 0.3 is 0 Å². The van der Waals surface area contributed by atoms with Crippen molar-refractivity contribution in [3.8, 4) is 0 Å². The fourth-order valence-corrected chi connectivity index (χ4v) is 3.68. The highest BCUT2D eigenvalue weighted by Gasteiger charge is 2.39. The maximum atomic E-state index is 12.3. The van der Waals surface area contributed by atoms with Gasteiger partial charge in [-0.25, -0.2) is 4.98 Å². The van der Waals surface area contributed by atoms with Crippen molar-refractivity contribution < 1.29 is 0 Å². The standard InChI is InChI=1S/C15H23N3O/c1-10(2)9-18-6-5-16-14(15(18)19)17-13-8-11-3-4-12(13)7-11/h5-6,10-13H,3-4,7-9H2,1-2H3,(H,16,17). The predicted molar refractivity (Wildman–Crippen MR) is 76.2 cm³/mol. The van der Waals surface area contributed by atoms with E-state index in [1.54, 1.807) is 17.0 Å². The smallest absolute Gasteiger partial charge is 0.293 e. The van der Waals surface area contributed by atoms with Gasteiger partial charge in [0, 0.05) is 25.0 Å². The van der Waals surface area contributed by atoms with Crippen molar-refractivity contribution in [3.05, 3.63) is 22.7 Å². The van der Waals surface area contributed by atoms with Gasteiger partial charge in [0.15, 0.2) is 5.82 Å². The van der Waals surface area contributed by atoms with E-state index in [2.05, 4.69) is 24.1 Å². The summed E-state index contributed by atoms with van der Waals surface area (Å²) < 4.78 is 1.77. The number of nitrogens with zero attached hydrogens (tertiary/aromatic N) is 2. The van der Waals surface area contributed by atoms with Crippen molar-refractivity contribution >= 4 is 5.82 Å². The Morgan fingerprint density at radius 2 is 2.26 bits per heavy atom. The maximum absolute atomic E-state index is 12.3. The quantitative estimate of drug-likeness (QED) is 0.906. The molecule has 0 amide bonds. The van der Waals surface area contributed by atoms with Crippen molar-refractivity contribution in [2.75, 3.05) is 5.32 Å². The Balaban J connectivity index is 1.76. The van der Waals surface area contributed by atoms with E-state index in [-0.39, 0.29) is 5.56 Å². The normalized spacial score (nSPS) is 29.1. The summed E-state index contributed by atoms with van der Waals surface area (Å²) in [6.45, 7) is 5.00. The lowest BCUT2D eigenvalue weighted by atomic mass is 9.95. The second-order valence-corrected chi connectivity index (χ2v) is 6.55. The lowest BCUT2D eigenvalue weighted by molar-refractivity contribution is 0.437. The molecule has 1 aromatic rings. The molecule has 19 heavy (non-hydrogen) atoms. The molecule has 1 heterocycles. The molecule has 1 N–H and O–H groups in total. The largest absolute Gasteiger partial charge is 0.362 e. The van der Waals surface area contributed by atoms with E-state index in [9.17, 15) is 4.79 Å². The fourth-order valence-electron chi connectivity index (χ4n) is 3.68. The molecule has 0 spiro atoms. The molecule has 0 radical (unpaired) electrons. The molecule has 2 aliphatic rings. The summed E-state index contributed by atoms with van der Waals surface area (Å²) in [7, 11) is 0. The van der Waals surface area contributed by atoms with Gasteiger partial charge in [0.1, 0.15) is 0 Å². The summed E-state index contributed by atoms with van der Waals surface area (Å²) in [4.78, 5) is 16.6. The topological polar surface area (TPSA) is 46.9 Å².